The van der Waals surface area contributed by atoms with Crippen molar-refractivity contribution in [2.75, 3.05) is 16.8 Å². The fraction of sp³-hybridized carbons (Fsp3) is 0.0714. The van der Waals surface area contributed by atoms with Crippen molar-refractivity contribution in [1.82, 2.24) is 0 Å². The number of anilines is 2. The van der Waals surface area contributed by atoms with Crippen LogP contribution >= 0.6 is 11.6 Å². The highest BCUT2D eigenvalue weighted by molar-refractivity contribution is 7.92. The minimum atomic E-state index is -3.69. The van der Waals surface area contributed by atoms with Crippen LogP contribution < -0.4 is 11.1 Å². The Morgan fingerprint density at radius 2 is 1.81 bits per heavy atom. The van der Waals surface area contributed by atoms with Gasteiger partial charge < -0.3 is 11.1 Å². The SMILES string of the molecule is Nc1ccc(Cl)cc1NC(=O)CS(=O)(=O)c1ccccc1. The van der Waals surface area contributed by atoms with Crippen LogP contribution in [-0.2, 0) is 14.6 Å². The van der Waals surface area contributed by atoms with Gasteiger partial charge in [0, 0.05) is 5.02 Å². The van der Waals surface area contributed by atoms with Crippen molar-refractivity contribution in [3.8, 4) is 0 Å². The Labute approximate surface area is 127 Å². The van der Waals surface area contributed by atoms with Crippen molar-refractivity contribution in [2.45, 2.75) is 4.90 Å². The summed E-state index contributed by atoms with van der Waals surface area (Å²) in [7, 11) is -3.69. The summed E-state index contributed by atoms with van der Waals surface area (Å²) in [5.41, 5.74) is 6.29. The molecule has 0 aromatic heterocycles. The molecular weight excluding hydrogens is 312 g/mol. The van der Waals surface area contributed by atoms with Crippen LogP contribution in [0.5, 0.6) is 0 Å². The molecule has 5 nitrogen and oxygen atoms in total. The van der Waals surface area contributed by atoms with Crippen molar-refractivity contribution >= 4 is 38.7 Å². The van der Waals surface area contributed by atoms with Gasteiger partial charge in [0.15, 0.2) is 9.84 Å². The second-order valence-electron chi connectivity index (χ2n) is 4.35. The van der Waals surface area contributed by atoms with Crippen LogP contribution in [0.15, 0.2) is 53.4 Å². The van der Waals surface area contributed by atoms with Crippen LogP contribution in [0.1, 0.15) is 0 Å². The number of rotatable bonds is 4. The van der Waals surface area contributed by atoms with Gasteiger partial charge in [-0.2, -0.15) is 0 Å². The normalized spacial score (nSPS) is 11.1. The van der Waals surface area contributed by atoms with E-state index >= 15 is 0 Å². The zero-order valence-corrected chi connectivity index (χ0v) is 12.5. The Morgan fingerprint density at radius 3 is 2.48 bits per heavy atom. The fourth-order valence-electron chi connectivity index (χ4n) is 1.71. The standard InChI is InChI=1S/C14H13ClN2O3S/c15-10-6-7-12(16)13(8-10)17-14(18)9-21(19,20)11-4-2-1-3-5-11/h1-8H,9,16H2,(H,17,18). The molecule has 2 rings (SSSR count). The molecule has 3 N–H and O–H groups in total. The molecule has 0 bridgehead atoms. The molecule has 2 aromatic rings. The monoisotopic (exact) mass is 324 g/mol. The maximum absolute atomic E-state index is 12.1. The lowest BCUT2D eigenvalue weighted by Crippen LogP contribution is -2.23. The first-order valence-electron chi connectivity index (χ1n) is 6.01. The minimum absolute atomic E-state index is 0.0965. The molecule has 0 atom stereocenters. The Balaban J connectivity index is 2.14. The fourth-order valence-corrected chi connectivity index (χ4v) is 3.03. The summed E-state index contributed by atoms with van der Waals surface area (Å²) in [6.45, 7) is 0. The van der Waals surface area contributed by atoms with E-state index in [0.717, 1.165) is 0 Å². The molecule has 0 heterocycles. The summed E-state index contributed by atoms with van der Waals surface area (Å²) in [6, 6.07) is 12.3. The summed E-state index contributed by atoms with van der Waals surface area (Å²) in [5.74, 6) is -1.34. The lowest BCUT2D eigenvalue weighted by Gasteiger charge is -2.09. The molecule has 0 unspecified atom stereocenters. The summed E-state index contributed by atoms with van der Waals surface area (Å²) < 4.78 is 24.1. The maximum atomic E-state index is 12.1. The first kappa shape index (κ1) is 15.3. The molecule has 0 aliphatic carbocycles. The third kappa shape index (κ3) is 3.96. The lowest BCUT2D eigenvalue weighted by molar-refractivity contribution is -0.113. The summed E-state index contributed by atoms with van der Waals surface area (Å²) >= 11 is 5.80. The molecule has 0 saturated heterocycles. The third-order valence-corrected chi connectivity index (χ3v) is 4.58. The predicted molar refractivity (Wildman–Crippen MR) is 83.0 cm³/mol. The van der Waals surface area contributed by atoms with E-state index in [1.807, 2.05) is 0 Å². The van der Waals surface area contributed by atoms with Gasteiger partial charge in [-0.25, -0.2) is 8.42 Å². The number of carbonyl (C=O) groups excluding carboxylic acids is 1. The third-order valence-electron chi connectivity index (χ3n) is 2.71. The smallest absolute Gasteiger partial charge is 0.240 e. The Kier molecular flexibility index (Phi) is 4.50. The second kappa shape index (κ2) is 6.15. The average Bonchev–Trinajstić information content (AvgIpc) is 2.43. The van der Waals surface area contributed by atoms with Gasteiger partial charge >= 0.3 is 0 Å². The number of carbonyl (C=O) groups is 1. The van der Waals surface area contributed by atoms with Gasteiger partial charge in [0.25, 0.3) is 0 Å². The quantitative estimate of drug-likeness (QED) is 0.845. The zero-order valence-electron chi connectivity index (χ0n) is 10.9. The van der Waals surface area contributed by atoms with Gasteiger partial charge in [-0.3, -0.25) is 4.79 Å². The average molecular weight is 325 g/mol. The molecule has 0 aliphatic rings. The van der Waals surface area contributed by atoms with E-state index in [1.165, 1.54) is 24.3 Å². The van der Waals surface area contributed by atoms with E-state index in [4.69, 9.17) is 17.3 Å². The number of amides is 1. The first-order valence-corrected chi connectivity index (χ1v) is 8.04. The highest BCUT2D eigenvalue weighted by Gasteiger charge is 2.19. The zero-order chi connectivity index (χ0) is 15.5. The number of nitrogens with one attached hydrogen (secondary N) is 1. The largest absolute Gasteiger partial charge is 0.397 e. The molecule has 0 saturated carbocycles. The van der Waals surface area contributed by atoms with Gasteiger partial charge in [-0.05, 0) is 30.3 Å². The van der Waals surface area contributed by atoms with Crippen LogP contribution in [0.25, 0.3) is 0 Å². The summed E-state index contributed by atoms with van der Waals surface area (Å²) in [5, 5.41) is 2.84. The number of sulfone groups is 1. The molecule has 1 amide bonds. The van der Waals surface area contributed by atoms with Crippen LogP contribution in [0, 0.1) is 0 Å². The van der Waals surface area contributed by atoms with Crippen molar-refractivity contribution in [2.24, 2.45) is 0 Å². The van der Waals surface area contributed by atoms with E-state index in [0.29, 0.717) is 10.7 Å². The maximum Gasteiger partial charge on any atom is 0.240 e. The molecular formula is C14H13ClN2O3S. The molecule has 0 fully saturated rings. The Bertz CT molecular complexity index is 761. The molecule has 110 valence electrons. The highest BCUT2D eigenvalue weighted by atomic mass is 35.5. The minimum Gasteiger partial charge on any atom is -0.397 e. The Hall–Kier alpha value is -2.05. The topological polar surface area (TPSA) is 89.3 Å². The number of hydrogen-bond acceptors (Lipinski definition) is 4. The number of halogens is 1. The van der Waals surface area contributed by atoms with Crippen molar-refractivity contribution in [1.29, 1.82) is 0 Å². The van der Waals surface area contributed by atoms with Gasteiger partial charge in [0.05, 0.1) is 16.3 Å². The van der Waals surface area contributed by atoms with Crippen molar-refractivity contribution in [3.63, 3.8) is 0 Å². The van der Waals surface area contributed by atoms with Crippen molar-refractivity contribution in [3.05, 3.63) is 53.6 Å². The molecule has 0 radical (unpaired) electrons. The van der Waals surface area contributed by atoms with Gasteiger partial charge in [0.1, 0.15) is 5.75 Å². The van der Waals surface area contributed by atoms with Crippen LogP contribution in [0.4, 0.5) is 11.4 Å². The van der Waals surface area contributed by atoms with Gasteiger partial charge in [-0.15, -0.1) is 0 Å². The molecule has 21 heavy (non-hydrogen) atoms. The first-order chi connectivity index (χ1) is 9.88. The predicted octanol–water partition coefficient (Wildman–Crippen LogP) is 2.33. The Morgan fingerprint density at radius 1 is 1.14 bits per heavy atom. The van der Waals surface area contributed by atoms with Crippen LogP contribution in [-0.4, -0.2) is 20.1 Å². The number of hydrogen-bond donors (Lipinski definition) is 2. The highest BCUT2D eigenvalue weighted by Crippen LogP contribution is 2.23. The second-order valence-corrected chi connectivity index (χ2v) is 6.78. The van der Waals surface area contributed by atoms with Gasteiger partial charge in [0.2, 0.25) is 5.91 Å². The van der Waals surface area contributed by atoms with E-state index in [-0.39, 0.29) is 10.6 Å². The van der Waals surface area contributed by atoms with E-state index in [2.05, 4.69) is 5.32 Å². The molecule has 2 aromatic carbocycles. The summed E-state index contributed by atoms with van der Waals surface area (Å²) in [6.07, 6.45) is 0. The molecule has 0 spiro atoms. The lowest BCUT2D eigenvalue weighted by atomic mass is 10.2. The van der Waals surface area contributed by atoms with E-state index in [1.54, 1.807) is 24.3 Å². The number of nitrogen functional groups attached to an aromatic ring is 1. The van der Waals surface area contributed by atoms with Crippen molar-refractivity contribution < 1.29 is 13.2 Å². The number of nitrogens with two attached hydrogens (primary N) is 1. The van der Waals surface area contributed by atoms with Gasteiger partial charge in [-0.1, -0.05) is 29.8 Å². The summed E-state index contributed by atoms with van der Waals surface area (Å²) in [4.78, 5) is 12.0. The van der Waals surface area contributed by atoms with Crippen LogP contribution in [0.3, 0.4) is 0 Å². The van der Waals surface area contributed by atoms with E-state index in [9.17, 15) is 13.2 Å². The van der Waals surface area contributed by atoms with Crippen LogP contribution in [0.2, 0.25) is 5.02 Å². The molecule has 7 heteroatoms. The number of benzene rings is 2. The molecule has 0 aliphatic heterocycles. The van der Waals surface area contributed by atoms with E-state index < -0.39 is 21.5 Å².